The van der Waals surface area contributed by atoms with Crippen molar-refractivity contribution in [1.82, 2.24) is 30.5 Å². The molecule has 144 valence electrons. The van der Waals surface area contributed by atoms with Crippen molar-refractivity contribution in [3.63, 3.8) is 0 Å². The summed E-state index contributed by atoms with van der Waals surface area (Å²) >= 11 is 0. The average Bonchev–Trinajstić information content (AvgIpc) is 3.52. The number of fused-ring (bicyclic) bond motifs is 2. The Kier molecular flexibility index (Phi) is 3.84. The van der Waals surface area contributed by atoms with Gasteiger partial charge >= 0.3 is 0 Å². The molecular weight excluding hydrogens is 360 g/mol. The van der Waals surface area contributed by atoms with Crippen molar-refractivity contribution in [1.29, 1.82) is 0 Å². The number of hydrogen-bond donors (Lipinski definition) is 3. The van der Waals surface area contributed by atoms with Crippen LogP contribution in [0.3, 0.4) is 0 Å². The second kappa shape index (κ2) is 6.67. The molecule has 0 saturated carbocycles. The zero-order valence-electron chi connectivity index (χ0n) is 16.1. The highest BCUT2D eigenvalue weighted by Crippen LogP contribution is 2.34. The fourth-order valence-electron chi connectivity index (χ4n) is 4.54. The minimum Gasteiger partial charge on any atom is -0.338 e. The SMILES string of the molecule is C1=CC(c2ccnc3[nH]c(-c4n[nH]c5cnc(C6CCNCC6)cc45)cc23)=CC1. The minimum absolute atomic E-state index is 0.514. The maximum absolute atomic E-state index is 4.71. The van der Waals surface area contributed by atoms with E-state index in [4.69, 9.17) is 4.98 Å². The van der Waals surface area contributed by atoms with Crippen molar-refractivity contribution in [3.8, 4) is 11.4 Å². The van der Waals surface area contributed by atoms with Crippen LogP contribution in [-0.2, 0) is 0 Å². The number of rotatable bonds is 3. The summed E-state index contributed by atoms with van der Waals surface area (Å²) in [6.07, 6.45) is 13.7. The molecular formula is C23H22N6. The Labute approximate surface area is 168 Å². The normalized spacial score (nSPS) is 17.4. The second-order valence-corrected chi connectivity index (χ2v) is 7.85. The molecule has 1 saturated heterocycles. The summed E-state index contributed by atoms with van der Waals surface area (Å²) < 4.78 is 0. The van der Waals surface area contributed by atoms with Crippen LogP contribution in [0.4, 0.5) is 0 Å². The quantitative estimate of drug-likeness (QED) is 0.493. The summed E-state index contributed by atoms with van der Waals surface area (Å²) in [4.78, 5) is 12.7. The number of hydrogen-bond acceptors (Lipinski definition) is 4. The Balaban J connectivity index is 1.47. The first-order valence-electron chi connectivity index (χ1n) is 10.3. The van der Waals surface area contributed by atoms with Gasteiger partial charge in [-0.15, -0.1) is 0 Å². The summed E-state index contributed by atoms with van der Waals surface area (Å²) in [5, 5.41) is 13.4. The van der Waals surface area contributed by atoms with Crippen LogP contribution in [0.25, 0.3) is 38.9 Å². The molecule has 4 aromatic rings. The maximum Gasteiger partial charge on any atom is 0.138 e. The standard InChI is InChI=1S/C23H22N6/c1-2-4-14(3-1)16-7-10-25-23-17(16)11-20(27-23)22-18-12-19(15-5-8-24-9-6-15)26-13-21(18)28-29-22/h1,3-4,7,10-13,15,24H,2,5-6,8-9H2,(H,25,27)(H,28,29). The minimum atomic E-state index is 0.514. The first-order chi connectivity index (χ1) is 14.4. The predicted molar refractivity (Wildman–Crippen MR) is 116 cm³/mol. The number of pyridine rings is 2. The van der Waals surface area contributed by atoms with Crippen LogP contribution in [0.15, 0.2) is 48.8 Å². The summed E-state index contributed by atoms with van der Waals surface area (Å²) in [5.41, 5.74) is 7.40. The lowest BCUT2D eigenvalue weighted by Gasteiger charge is -2.22. The van der Waals surface area contributed by atoms with Gasteiger partial charge in [0, 0.05) is 28.6 Å². The molecule has 6 nitrogen and oxygen atoms in total. The van der Waals surface area contributed by atoms with Gasteiger partial charge in [0.25, 0.3) is 0 Å². The van der Waals surface area contributed by atoms with Crippen molar-refractivity contribution in [2.45, 2.75) is 25.2 Å². The van der Waals surface area contributed by atoms with E-state index in [0.717, 1.165) is 71.4 Å². The molecule has 0 radical (unpaired) electrons. The van der Waals surface area contributed by atoms with Gasteiger partial charge in [-0.1, -0.05) is 18.2 Å². The van der Waals surface area contributed by atoms with E-state index in [1.807, 2.05) is 12.4 Å². The van der Waals surface area contributed by atoms with Crippen LogP contribution >= 0.6 is 0 Å². The topological polar surface area (TPSA) is 82.3 Å². The van der Waals surface area contributed by atoms with Gasteiger partial charge in [0.15, 0.2) is 0 Å². The summed E-state index contributed by atoms with van der Waals surface area (Å²) in [7, 11) is 0. The van der Waals surface area contributed by atoms with Gasteiger partial charge in [0.1, 0.15) is 11.3 Å². The lowest BCUT2D eigenvalue weighted by atomic mass is 9.93. The highest BCUT2D eigenvalue weighted by Gasteiger charge is 2.19. The molecule has 3 N–H and O–H groups in total. The Morgan fingerprint density at radius 1 is 1.03 bits per heavy atom. The molecule has 0 unspecified atom stereocenters. The van der Waals surface area contributed by atoms with Crippen LogP contribution in [0, 0.1) is 0 Å². The Bertz CT molecular complexity index is 1270. The van der Waals surface area contributed by atoms with E-state index in [0.29, 0.717) is 5.92 Å². The fourth-order valence-corrected chi connectivity index (χ4v) is 4.54. The summed E-state index contributed by atoms with van der Waals surface area (Å²) in [6, 6.07) is 6.47. The van der Waals surface area contributed by atoms with Crippen LogP contribution < -0.4 is 5.32 Å². The molecule has 1 fully saturated rings. The molecule has 1 aliphatic carbocycles. The Morgan fingerprint density at radius 3 is 2.83 bits per heavy atom. The number of H-pyrrole nitrogens is 2. The molecule has 1 aliphatic heterocycles. The lowest BCUT2D eigenvalue weighted by Crippen LogP contribution is -2.27. The first kappa shape index (κ1) is 16.7. The molecule has 4 aromatic heterocycles. The van der Waals surface area contributed by atoms with Gasteiger partial charge in [-0.2, -0.15) is 5.10 Å². The number of aromatic amines is 2. The molecule has 0 atom stereocenters. The lowest BCUT2D eigenvalue weighted by molar-refractivity contribution is 0.453. The maximum atomic E-state index is 4.71. The highest BCUT2D eigenvalue weighted by atomic mass is 15.1. The summed E-state index contributed by atoms with van der Waals surface area (Å²) in [6.45, 7) is 2.12. The highest BCUT2D eigenvalue weighted by molar-refractivity contribution is 5.99. The average molecular weight is 382 g/mol. The van der Waals surface area contributed by atoms with E-state index < -0.39 is 0 Å². The third-order valence-corrected chi connectivity index (χ3v) is 6.10. The van der Waals surface area contributed by atoms with Gasteiger partial charge < -0.3 is 10.3 Å². The summed E-state index contributed by atoms with van der Waals surface area (Å²) in [5.74, 6) is 0.514. The monoisotopic (exact) mass is 382 g/mol. The molecule has 6 heteroatoms. The van der Waals surface area contributed by atoms with E-state index in [-0.39, 0.29) is 0 Å². The van der Waals surface area contributed by atoms with Gasteiger partial charge in [-0.3, -0.25) is 10.1 Å². The van der Waals surface area contributed by atoms with Crippen LogP contribution in [0.1, 0.15) is 36.4 Å². The zero-order valence-corrected chi connectivity index (χ0v) is 16.1. The fraction of sp³-hybridized carbons (Fsp3) is 0.261. The van der Waals surface area contributed by atoms with E-state index in [1.165, 1.54) is 11.1 Å². The van der Waals surface area contributed by atoms with Crippen LogP contribution in [-0.4, -0.2) is 38.2 Å². The number of piperidine rings is 1. The van der Waals surface area contributed by atoms with E-state index in [2.05, 4.69) is 61.9 Å². The van der Waals surface area contributed by atoms with E-state index in [1.54, 1.807) is 0 Å². The largest absolute Gasteiger partial charge is 0.338 e. The molecule has 0 amide bonds. The number of allylic oxidation sites excluding steroid dienone is 4. The molecule has 6 rings (SSSR count). The second-order valence-electron chi connectivity index (χ2n) is 7.85. The van der Waals surface area contributed by atoms with Crippen molar-refractivity contribution in [2.75, 3.05) is 13.1 Å². The third-order valence-electron chi connectivity index (χ3n) is 6.10. The smallest absolute Gasteiger partial charge is 0.138 e. The third kappa shape index (κ3) is 2.79. The van der Waals surface area contributed by atoms with Crippen molar-refractivity contribution in [2.24, 2.45) is 0 Å². The van der Waals surface area contributed by atoms with Crippen molar-refractivity contribution < 1.29 is 0 Å². The molecule has 5 heterocycles. The van der Waals surface area contributed by atoms with Gasteiger partial charge in [0.2, 0.25) is 0 Å². The van der Waals surface area contributed by atoms with E-state index in [9.17, 15) is 0 Å². The molecule has 0 spiro atoms. The number of nitrogens with one attached hydrogen (secondary N) is 3. The number of aromatic nitrogens is 5. The van der Waals surface area contributed by atoms with E-state index >= 15 is 0 Å². The Morgan fingerprint density at radius 2 is 1.97 bits per heavy atom. The predicted octanol–water partition coefficient (Wildman–Crippen LogP) is 4.31. The van der Waals surface area contributed by atoms with Crippen LogP contribution in [0.2, 0.25) is 0 Å². The molecule has 0 aromatic carbocycles. The van der Waals surface area contributed by atoms with Gasteiger partial charge in [-0.25, -0.2) is 4.98 Å². The molecule has 2 aliphatic rings. The van der Waals surface area contributed by atoms with Crippen molar-refractivity contribution in [3.05, 3.63) is 60.1 Å². The van der Waals surface area contributed by atoms with Crippen molar-refractivity contribution >= 4 is 27.5 Å². The van der Waals surface area contributed by atoms with Gasteiger partial charge in [0.05, 0.1) is 17.4 Å². The molecule has 29 heavy (non-hydrogen) atoms. The Hall–Kier alpha value is -3.25. The molecule has 0 bridgehead atoms. The van der Waals surface area contributed by atoms with Gasteiger partial charge in [-0.05, 0) is 61.7 Å². The zero-order chi connectivity index (χ0) is 19.2. The van der Waals surface area contributed by atoms with Crippen LogP contribution in [0.5, 0.6) is 0 Å². The first-order valence-corrected chi connectivity index (χ1v) is 10.3. The number of nitrogens with zero attached hydrogens (tertiary/aromatic N) is 3.